The first-order valence-corrected chi connectivity index (χ1v) is 17.5. The van der Waals surface area contributed by atoms with E-state index in [9.17, 15) is 0 Å². The third-order valence-electron chi connectivity index (χ3n) is 10.6. The van der Waals surface area contributed by atoms with E-state index in [2.05, 4.69) is 182 Å². The average Bonchev–Trinajstić information content (AvgIpc) is 3.41. The van der Waals surface area contributed by atoms with Crippen LogP contribution in [0, 0.1) is 0 Å². The van der Waals surface area contributed by atoms with E-state index in [1.54, 1.807) is 0 Å². The van der Waals surface area contributed by atoms with E-state index in [4.69, 9.17) is 9.97 Å². The van der Waals surface area contributed by atoms with Crippen LogP contribution in [0.2, 0.25) is 0 Å². The highest BCUT2D eigenvalue weighted by Gasteiger charge is 2.48. The fourth-order valence-corrected chi connectivity index (χ4v) is 8.23. The van der Waals surface area contributed by atoms with Crippen LogP contribution >= 0.6 is 0 Å². The summed E-state index contributed by atoms with van der Waals surface area (Å²) in [5.74, 6) is 0.707. The summed E-state index contributed by atoms with van der Waals surface area (Å²) in [6.07, 6.45) is 4.55. The van der Waals surface area contributed by atoms with E-state index in [-0.39, 0.29) is 0 Å². The van der Waals surface area contributed by atoms with Crippen LogP contribution in [0.3, 0.4) is 0 Å². The zero-order valence-corrected chi connectivity index (χ0v) is 27.9. The van der Waals surface area contributed by atoms with Gasteiger partial charge < -0.3 is 0 Å². The lowest BCUT2D eigenvalue weighted by molar-refractivity contribution is 0.766. The summed E-state index contributed by atoms with van der Waals surface area (Å²) >= 11 is 0. The molecule has 0 fully saturated rings. The molecule has 2 heteroatoms. The van der Waals surface area contributed by atoms with Gasteiger partial charge in [0.2, 0.25) is 0 Å². The summed E-state index contributed by atoms with van der Waals surface area (Å²) in [5, 5.41) is 0. The van der Waals surface area contributed by atoms with Crippen LogP contribution in [0.15, 0.2) is 182 Å². The summed E-state index contributed by atoms with van der Waals surface area (Å²) in [7, 11) is 0. The first kappa shape index (κ1) is 29.3. The molecule has 1 spiro atoms. The number of fused-ring (bicyclic) bond motifs is 9. The second-order valence-electron chi connectivity index (χ2n) is 13.3. The fourth-order valence-electron chi connectivity index (χ4n) is 8.23. The van der Waals surface area contributed by atoms with Gasteiger partial charge in [-0.15, -0.1) is 0 Å². The van der Waals surface area contributed by atoms with Crippen LogP contribution < -0.4 is 0 Å². The summed E-state index contributed by atoms with van der Waals surface area (Å²) < 4.78 is 0. The Bertz CT molecular complexity index is 2570. The Labute approximate surface area is 298 Å². The van der Waals surface area contributed by atoms with Crippen molar-refractivity contribution < 1.29 is 0 Å². The van der Waals surface area contributed by atoms with E-state index in [1.807, 2.05) is 12.1 Å². The Balaban J connectivity index is 1.20. The second kappa shape index (κ2) is 11.8. The van der Waals surface area contributed by atoms with Gasteiger partial charge in [-0.25, -0.2) is 9.97 Å². The van der Waals surface area contributed by atoms with Crippen molar-refractivity contribution in [2.75, 3.05) is 0 Å². The summed E-state index contributed by atoms with van der Waals surface area (Å²) in [6, 6.07) is 65.3. The maximum absolute atomic E-state index is 5.29. The molecule has 2 aliphatic carbocycles. The topological polar surface area (TPSA) is 25.8 Å². The van der Waals surface area contributed by atoms with Crippen molar-refractivity contribution in [1.29, 1.82) is 0 Å². The van der Waals surface area contributed by atoms with E-state index in [0.29, 0.717) is 5.82 Å². The van der Waals surface area contributed by atoms with Crippen molar-refractivity contribution in [2.45, 2.75) is 5.41 Å². The summed E-state index contributed by atoms with van der Waals surface area (Å²) in [6.45, 7) is 0. The lowest BCUT2D eigenvalue weighted by atomic mass is 9.66. The standard InChI is InChI=1S/C49H32N2/c1-3-13-33(14-4-1)34-23-27-38(28-24-34)48-50-46(37-17-5-2-6-18-37)32-47(51-48)39-29-30-41-40-19-9-12-22-44(40)49(45(41)31-39)42-20-10-7-15-35(42)25-26-36-16-8-11-21-43(36)49/h1-32H. The second-order valence-corrected chi connectivity index (χ2v) is 13.3. The zero-order valence-electron chi connectivity index (χ0n) is 27.9. The van der Waals surface area contributed by atoms with Crippen molar-refractivity contribution in [1.82, 2.24) is 9.97 Å². The third kappa shape index (κ3) is 4.65. The Morgan fingerprint density at radius 1 is 0.314 bits per heavy atom. The summed E-state index contributed by atoms with van der Waals surface area (Å²) in [4.78, 5) is 10.4. The van der Waals surface area contributed by atoms with E-state index in [1.165, 1.54) is 55.6 Å². The van der Waals surface area contributed by atoms with Crippen LogP contribution in [0.4, 0.5) is 0 Å². The van der Waals surface area contributed by atoms with E-state index >= 15 is 0 Å². The van der Waals surface area contributed by atoms with Crippen LogP contribution in [-0.4, -0.2) is 9.97 Å². The van der Waals surface area contributed by atoms with Gasteiger partial charge in [0, 0.05) is 16.7 Å². The van der Waals surface area contributed by atoms with Crippen molar-refractivity contribution in [2.24, 2.45) is 0 Å². The Hall–Kier alpha value is -6.64. The van der Waals surface area contributed by atoms with E-state index < -0.39 is 5.41 Å². The van der Waals surface area contributed by atoms with Gasteiger partial charge in [0.15, 0.2) is 5.82 Å². The highest BCUT2D eigenvalue weighted by atomic mass is 14.9. The zero-order chi connectivity index (χ0) is 33.8. The van der Waals surface area contributed by atoms with Gasteiger partial charge in [-0.3, -0.25) is 0 Å². The molecule has 2 aliphatic rings. The van der Waals surface area contributed by atoms with Crippen LogP contribution in [-0.2, 0) is 5.41 Å². The van der Waals surface area contributed by atoms with Crippen molar-refractivity contribution in [3.05, 3.63) is 215 Å². The largest absolute Gasteiger partial charge is 0.228 e. The van der Waals surface area contributed by atoms with Crippen LogP contribution in [0.5, 0.6) is 0 Å². The highest BCUT2D eigenvalue weighted by molar-refractivity contribution is 5.92. The molecule has 0 bridgehead atoms. The van der Waals surface area contributed by atoms with Gasteiger partial charge in [0.25, 0.3) is 0 Å². The van der Waals surface area contributed by atoms with Gasteiger partial charge in [-0.05, 0) is 67.8 Å². The minimum Gasteiger partial charge on any atom is -0.228 e. The molecule has 0 saturated heterocycles. The molecule has 0 N–H and O–H groups in total. The maximum atomic E-state index is 5.29. The van der Waals surface area contributed by atoms with Gasteiger partial charge in [-0.2, -0.15) is 0 Å². The first-order chi connectivity index (χ1) is 25.3. The van der Waals surface area contributed by atoms with Gasteiger partial charge in [0.05, 0.1) is 16.8 Å². The van der Waals surface area contributed by atoms with Crippen LogP contribution in [0.25, 0.3) is 68.3 Å². The molecule has 0 unspecified atom stereocenters. The molecule has 8 aromatic rings. The van der Waals surface area contributed by atoms with Crippen molar-refractivity contribution >= 4 is 12.2 Å². The molecule has 0 radical (unpaired) electrons. The molecular weight excluding hydrogens is 617 g/mol. The lowest BCUT2D eigenvalue weighted by Crippen LogP contribution is -2.30. The Morgan fingerprint density at radius 2 is 0.784 bits per heavy atom. The predicted octanol–water partition coefficient (Wildman–Crippen LogP) is 12.0. The SMILES string of the molecule is C1=Cc2ccccc2C2(c3ccccc31)c1ccccc1-c1ccc(-c3cc(-c4ccccc4)nc(-c4ccc(-c5ccccc5)cc4)n3)cc12. The molecule has 238 valence electrons. The normalized spacial score (nSPS) is 13.2. The molecule has 1 heterocycles. The molecule has 2 nitrogen and oxygen atoms in total. The van der Waals surface area contributed by atoms with Crippen LogP contribution in [0.1, 0.15) is 33.4 Å². The molecule has 1 aromatic heterocycles. The van der Waals surface area contributed by atoms with Crippen molar-refractivity contribution in [3.63, 3.8) is 0 Å². The maximum Gasteiger partial charge on any atom is 0.160 e. The molecule has 0 atom stereocenters. The molecule has 0 amide bonds. The van der Waals surface area contributed by atoms with Crippen molar-refractivity contribution in [3.8, 4) is 56.2 Å². The average molecular weight is 649 g/mol. The Morgan fingerprint density at radius 3 is 1.45 bits per heavy atom. The lowest BCUT2D eigenvalue weighted by Gasteiger charge is -2.35. The molecule has 0 saturated carbocycles. The first-order valence-electron chi connectivity index (χ1n) is 17.5. The smallest absolute Gasteiger partial charge is 0.160 e. The van der Waals surface area contributed by atoms with E-state index in [0.717, 1.165) is 28.1 Å². The molecular formula is C49H32N2. The molecule has 0 aliphatic heterocycles. The number of benzene rings is 7. The predicted molar refractivity (Wildman–Crippen MR) is 210 cm³/mol. The molecule has 51 heavy (non-hydrogen) atoms. The molecule has 7 aromatic carbocycles. The molecule has 10 rings (SSSR count). The number of nitrogens with zero attached hydrogens (tertiary/aromatic N) is 2. The Kier molecular flexibility index (Phi) is 6.75. The monoisotopic (exact) mass is 648 g/mol. The number of rotatable bonds is 4. The fraction of sp³-hybridized carbons (Fsp3) is 0.0204. The number of hydrogen-bond acceptors (Lipinski definition) is 2. The third-order valence-corrected chi connectivity index (χ3v) is 10.6. The minimum atomic E-state index is -0.496. The van der Waals surface area contributed by atoms with Gasteiger partial charge in [-0.1, -0.05) is 182 Å². The number of hydrogen-bond donors (Lipinski definition) is 0. The number of aromatic nitrogens is 2. The van der Waals surface area contributed by atoms with Gasteiger partial charge in [0.1, 0.15) is 0 Å². The highest BCUT2D eigenvalue weighted by Crippen LogP contribution is 2.59. The minimum absolute atomic E-state index is 0.496. The quantitative estimate of drug-likeness (QED) is 0.190. The van der Waals surface area contributed by atoms with Gasteiger partial charge >= 0.3 is 0 Å². The summed E-state index contributed by atoms with van der Waals surface area (Å²) in [5.41, 5.74) is 16.9.